The molecule has 4 heteroatoms. The second-order valence-electron chi connectivity index (χ2n) is 4.04. The normalized spacial score (nSPS) is 11.1. The average molecular weight is 226 g/mol. The summed E-state index contributed by atoms with van der Waals surface area (Å²) in [5.74, 6) is 0. The lowest BCUT2D eigenvalue weighted by molar-refractivity contribution is 0.785. The van der Waals surface area contributed by atoms with Crippen LogP contribution < -0.4 is 5.32 Å². The minimum atomic E-state index is 0.787. The number of rotatable bonds is 3. The topological polar surface area (TPSA) is 56.5 Å². The highest BCUT2D eigenvalue weighted by Gasteiger charge is 2.11. The van der Waals surface area contributed by atoms with Crippen molar-refractivity contribution >= 4 is 10.9 Å². The highest BCUT2D eigenvalue weighted by atomic mass is 15.1. The minimum absolute atomic E-state index is 0.787. The molecular formula is C13H14N4. The van der Waals surface area contributed by atoms with Crippen LogP contribution in [0.1, 0.15) is 5.69 Å². The fourth-order valence-corrected chi connectivity index (χ4v) is 2.15. The molecular weight excluding hydrogens is 212 g/mol. The Balaban J connectivity index is 2.17. The first kappa shape index (κ1) is 10.1. The maximum Gasteiger partial charge on any atom is 0.0570 e. The van der Waals surface area contributed by atoms with Crippen LogP contribution in [0.25, 0.3) is 22.0 Å². The zero-order chi connectivity index (χ0) is 11.7. The molecule has 17 heavy (non-hydrogen) atoms. The highest BCUT2D eigenvalue weighted by Crippen LogP contribution is 2.29. The van der Waals surface area contributed by atoms with Gasteiger partial charge in [-0.25, -0.2) is 0 Å². The van der Waals surface area contributed by atoms with Crippen LogP contribution in [0, 0.1) is 0 Å². The average Bonchev–Trinajstić information content (AvgIpc) is 2.95. The molecule has 3 aromatic rings. The summed E-state index contributed by atoms with van der Waals surface area (Å²) in [4.78, 5) is 3.28. The number of fused-ring (bicyclic) bond motifs is 1. The van der Waals surface area contributed by atoms with Crippen molar-refractivity contribution in [3.05, 3.63) is 42.4 Å². The zero-order valence-corrected chi connectivity index (χ0v) is 9.62. The van der Waals surface area contributed by atoms with Crippen molar-refractivity contribution in [3.63, 3.8) is 0 Å². The summed E-state index contributed by atoms with van der Waals surface area (Å²) in [5, 5.41) is 11.5. The van der Waals surface area contributed by atoms with E-state index in [1.165, 1.54) is 10.9 Å². The van der Waals surface area contributed by atoms with Gasteiger partial charge in [0, 0.05) is 34.8 Å². The first-order valence-corrected chi connectivity index (χ1v) is 5.63. The molecule has 0 atom stereocenters. The number of hydrogen-bond donors (Lipinski definition) is 3. The molecule has 0 unspecified atom stereocenters. The summed E-state index contributed by atoms with van der Waals surface area (Å²) >= 11 is 0. The van der Waals surface area contributed by atoms with Gasteiger partial charge in [0.05, 0.1) is 11.9 Å². The van der Waals surface area contributed by atoms with E-state index in [0.29, 0.717) is 0 Å². The standard InChI is InChI=1S/C13H14N4/c1-14-8-13-11(7-16-17-13)10-6-15-12-5-3-2-4-9(10)12/h2-7,14-15H,8H2,1H3,(H,16,17). The molecule has 3 N–H and O–H groups in total. The number of H-pyrrole nitrogens is 2. The fourth-order valence-electron chi connectivity index (χ4n) is 2.15. The van der Waals surface area contributed by atoms with Crippen molar-refractivity contribution in [1.29, 1.82) is 0 Å². The molecule has 1 aromatic carbocycles. The fraction of sp³-hybridized carbons (Fsp3) is 0.154. The molecule has 0 spiro atoms. The van der Waals surface area contributed by atoms with Crippen LogP contribution in [0.15, 0.2) is 36.7 Å². The molecule has 0 fully saturated rings. The number of nitrogens with one attached hydrogen (secondary N) is 3. The van der Waals surface area contributed by atoms with Crippen molar-refractivity contribution in [3.8, 4) is 11.1 Å². The molecule has 0 amide bonds. The van der Waals surface area contributed by atoms with Gasteiger partial charge in [-0.15, -0.1) is 0 Å². The second-order valence-corrected chi connectivity index (χ2v) is 4.04. The first-order valence-electron chi connectivity index (χ1n) is 5.63. The van der Waals surface area contributed by atoms with Crippen LogP contribution >= 0.6 is 0 Å². The Kier molecular flexibility index (Phi) is 2.42. The van der Waals surface area contributed by atoms with Crippen LogP contribution in [0.5, 0.6) is 0 Å². The van der Waals surface area contributed by atoms with E-state index < -0.39 is 0 Å². The van der Waals surface area contributed by atoms with Crippen LogP contribution in [0.4, 0.5) is 0 Å². The molecule has 0 aliphatic carbocycles. The summed E-state index contributed by atoms with van der Waals surface area (Å²) in [7, 11) is 1.93. The third-order valence-electron chi connectivity index (χ3n) is 2.95. The van der Waals surface area contributed by atoms with E-state index in [4.69, 9.17) is 0 Å². The molecule has 86 valence electrons. The summed E-state index contributed by atoms with van der Waals surface area (Å²) in [5.41, 5.74) is 4.60. The molecule has 0 aliphatic rings. The van der Waals surface area contributed by atoms with Gasteiger partial charge in [-0.05, 0) is 13.1 Å². The van der Waals surface area contributed by atoms with Crippen molar-refractivity contribution in [2.45, 2.75) is 6.54 Å². The molecule has 0 aliphatic heterocycles. The lowest BCUT2D eigenvalue weighted by Gasteiger charge is -2.01. The minimum Gasteiger partial charge on any atom is -0.361 e. The third kappa shape index (κ3) is 1.62. The van der Waals surface area contributed by atoms with Gasteiger partial charge in [-0.1, -0.05) is 18.2 Å². The van der Waals surface area contributed by atoms with E-state index in [9.17, 15) is 0 Å². The predicted molar refractivity (Wildman–Crippen MR) is 68.6 cm³/mol. The van der Waals surface area contributed by atoms with Crippen molar-refractivity contribution in [2.24, 2.45) is 0 Å². The van der Waals surface area contributed by atoms with Gasteiger partial charge in [0.25, 0.3) is 0 Å². The second kappa shape index (κ2) is 4.07. The summed E-state index contributed by atoms with van der Waals surface area (Å²) in [6, 6.07) is 8.29. The smallest absolute Gasteiger partial charge is 0.0570 e. The molecule has 3 rings (SSSR count). The Labute approximate surface area is 99.1 Å². The van der Waals surface area contributed by atoms with E-state index in [1.54, 1.807) is 0 Å². The van der Waals surface area contributed by atoms with Crippen molar-refractivity contribution < 1.29 is 0 Å². The number of para-hydroxylation sites is 1. The van der Waals surface area contributed by atoms with Gasteiger partial charge >= 0.3 is 0 Å². The Morgan fingerprint density at radius 1 is 1.24 bits per heavy atom. The SMILES string of the molecule is CNCc1[nH]ncc1-c1c[nH]c2ccccc12. The number of benzene rings is 1. The maximum atomic E-state index is 4.12. The summed E-state index contributed by atoms with van der Waals surface area (Å²) < 4.78 is 0. The van der Waals surface area contributed by atoms with E-state index in [1.807, 2.05) is 25.5 Å². The molecule has 2 heterocycles. The Morgan fingerprint density at radius 3 is 3.00 bits per heavy atom. The molecule has 0 radical (unpaired) electrons. The van der Waals surface area contributed by atoms with Crippen LogP contribution in [-0.4, -0.2) is 22.2 Å². The van der Waals surface area contributed by atoms with E-state index >= 15 is 0 Å². The van der Waals surface area contributed by atoms with Gasteiger partial charge < -0.3 is 10.3 Å². The molecule has 4 nitrogen and oxygen atoms in total. The highest BCUT2D eigenvalue weighted by molar-refractivity contribution is 5.95. The van der Waals surface area contributed by atoms with Gasteiger partial charge in [-0.2, -0.15) is 5.10 Å². The Bertz CT molecular complexity index is 635. The molecule has 0 bridgehead atoms. The van der Waals surface area contributed by atoms with Crippen molar-refractivity contribution in [1.82, 2.24) is 20.5 Å². The van der Waals surface area contributed by atoms with Gasteiger partial charge in [0.15, 0.2) is 0 Å². The lowest BCUT2D eigenvalue weighted by atomic mass is 10.1. The summed E-state index contributed by atoms with van der Waals surface area (Å²) in [6.07, 6.45) is 3.91. The zero-order valence-electron chi connectivity index (χ0n) is 9.62. The summed E-state index contributed by atoms with van der Waals surface area (Å²) in [6.45, 7) is 0.787. The molecule has 0 saturated heterocycles. The molecule has 0 saturated carbocycles. The van der Waals surface area contributed by atoms with E-state index in [2.05, 4.69) is 38.7 Å². The van der Waals surface area contributed by atoms with E-state index in [0.717, 1.165) is 23.3 Å². The lowest BCUT2D eigenvalue weighted by Crippen LogP contribution is -2.06. The van der Waals surface area contributed by atoms with E-state index in [-0.39, 0.29) is 0 Å². The molecule has 2 aromatic heterocycles. The van der Waals surface area contributed by atoms with Gasteiger partial charge in [0.2, 0.25) is 0 Å². The van der Waals surface area contributed by atoms with Crippen LogP contribution in [-0.2, 0) is 6.54 Å². The Hall–Kier alpha value is -2.07. The van der Waals surface area contributed by atoms with Crippen LogP contribution in [0.2, 0.25) is 0 Å². The number of aromatic amines is 2. The van der Waals surface area contributed by atoms with Crippen molar-refractivity contribution in [2.75, 3.05) is 7.05 Å². The first-order chi connectivity index (χ1) is 8.40. The quantitative estimate of drug-likeness (QED) is 0.641. The third-order valence-corrected chi connectivity index (χ3v) is 2.95. The van der Waals surface area contributed by atoms with Crippen LogP contribution in [0.3, 0.4) is 0 Å². The largest absolute Gasteiger partial charge is 0.361 e. The van der Waals surface area contributed by atoms with Gasteiger partial charge in [-0.3, -0.25) is 5.10 Å². The monoisotopic (exact) mass is 226 g/mol. The predicted octanol–water partition coefficient (Wildman–Crippen LogP) is 2.28. The number of hydrogen-bond acceptors (Lipinski definition) is 2. The maximum absolute atomic E-state index is 4.12. The number of aromatic nitrogens is 3. The Morgan fingerprint density at radius 2 is 2.12 bits per heavy atom. The number of nitrogens with zero attached hydrogens (tertiary/aromatic N) is 1. The van der Waals surface area contributed by atoms with Gasteiger partial charge in [0.1, 0.15) is 0 Å².